The molecular formula is C10H10FNO3. The average molecular weight is 211 g/mol. The van der Waals surface area contributed by atoms with Gasteiger partial charge in [-0.25, -0.2) is 9.18 Å². The first-order valence-corrected chi connectivity index (χ1v) is 4.45. The van der Waals surface area contributed by atoms with Crippen LogP contribution in [0.4, 0.5) is 10.1 Å². The molecule has 1 aromatic carbocycles. The van der Waals surface area contributed by atoms with Crippen molar-refractivity contribution in [2.75, 3.05) is 11.9 Å². The molecule has 1 atom stereocenters. The molecule has 0 saturated heterocycles. The summed E-state index contributed by atoms with van der Waals surface area (Å²) < 4.78 is 18.0. The van der Waals surface area contributed by atoms with Crippen LogP contribution >= 0.6 is 0 Å². The molecule has 5 heteroatoms. The third kappa shape index (κ3) is 1.60. The number of carbonyl (C=O) groups is 1. The summed E-state index contributed by atoms with van der Waals surface area (Å²) in [6, 6.07) is 3.94. The second-order valence-corrected chi connectivity index (χ2v) is 3.69. The number of halogens is 1. The van der Waals surface area contributed by atoms with Crippen molar-refractivity contribution in [1.29, 1.82) is 0 Å². The molecule has 0 radical (unpaired) electrons. The number of anilines is 1. The van der Waals surface area contributed by atoms with Crippen LogP contribution in [0.2, 0.25) is 0 Å². The largest absolute Gasteiger partial charge is 0.488 e. The van der Waals surface area contributed by atoms with Gasteiger partial charge in [-0.3, -0.25) is 0 Å². The zero-order chi connectivity index (χ0) is 11.1. The van der Waals surface area contributed by atoms with E-state index in [9.17, 15) is 9.18 Å². The molecule has 1 heterocycles. The summed E-state index contributed by atoms with van der Waals surface area (Å²) in [7, 11) is 0. The Morgan fingerprint density at radius 2 is 2.40 bits per heavy atom. The van der Waals surface area contributed by atoms with Crippen LogP contribution in [0.3, 0.4) is 0 Å². The average Bonchev–Trinajstić information content (AvgIpc) is 2.18. The fourth-order valence-electron chi connectivity index (χ4n) is 1.39. The van der Waals surface area contributed by atoms with Crippen molar-refractivity contribution in [3.05, 3.63) is 24.0 Å². The fourth-order valence-corrected chi connectivity index (χ4v) is 1.39. The minimum absolute atomic E-state index is 0.0290. The van der Waals surface area contributed by atoms with E-state index in [1.54, 1.807) is 0 Å². The van der Waals surface area contributed by atoms with E-state index in [1.165, 1.54) is 25.1 Å². The van der Waals surface area contributed by atoms with Crippen molar-refractivity contribution in [3.63, 3.8) is 0 Å². The van der Waals surface area contributed by atoms with E-state index >= 15 is 0 Å². The van der Waals surface area contributed by atoms with Gasteiger partial charge in [0.1, 0.15) is 18.2 Å². The summed E-state index contributed by atoms with van der Waals surface area (Å²) in [5, 5.41) is 11.8. The molecule has 1 aliphatic rings. The molecule has 0 saturated carbocycles. The lowest BCUT2D eigenvalue weighted by Crippen LogP contribution is -2.50. The molecule has 80 valence electrons. The predicted molar refractivity (Wildman–Crippen MR) is 51.6 cm³/mol. The Labute approximate surface area is 85.7 Å². The molecule has 0 aliphatic carbocycles. The van der Waals surface area contributed by atoms with Crippen molar-refractivity contribution in [3.8, 4) is 5.75 Å². The van der Waals surface area contributed by atoms with Crippen LogP contribution in [0.25, 0.3) is 0 Å². The van der Waals surface area contributed by atoms with Gasteiger partial charge < -0.3 is 15.2 Å². The molecule has 1 aromatic rings. The van der Waals surface area contributed by atoms with Crippen LogP contribution in [0, 0.1) is 5.82 Å². The molecule has 4 nitrogen and oxygen atoms in total. The van der Waals surface area contributed by atoms with Crippen LogP contribution in [0.15, 0.2) is 18.2 Å². The van der Waals surface area contributed by atoms with Gasteiger partial charge in [0, 0.05) is 6.07 Å². The summed E-state index contributed by atoms with van der Waals surface area (Å²) in [6.45, 7) is 1.49. The predicted octanol–water partition coefficient (Wildman–Crippen LogP) is 1.47. The van der Waals surface area contributed by atoms with Gasteiger partial charge in [-0.05, 0) is 19.1 Å². The zero-order valence-electron chi connectivity index (χ0n) is 8.08. The molecule has 15 heavy (non-hydrogen) atoms. The third-order valence-electron chi connectivity index (χ3n) is 2.34. The van der Waals surface area contributed by atoms with Crippen molar-refractivity contribution >= 4 is 11.7 Å². The fraction of sp³-hybridized carbons (Fsp3) is 0.300. The van der Waals surface area contributed by atoms with E-state index in [-0.39, 0.29) is 6.61 Å². The summed E-state index contributed by atoms with van der Waals surface area (Å²) in [4.78, 5) is 10.9. The van der Waals surface area contributed by atoms with E-state index in [0.29, 0.717) is 11.4 Å². The van der Waals surface area contributed by atoms with Crippen molar-refractivity contribution in [2.24, 2.45) is 0 Å². The molecule has 1 unspecified atom stereocenters. The molecular weight excluding hydrogens is 201 g/mol. The molecule has 0 fully saturated rings. The van der Waals surface area contributed by atoms with Crippen molar-refractivity contribution in [2.45, 2.75) is 12.5 Å². The molecule has 2 N–H and O–H groups in total. The smallest absolute Gasteiger partial charge is 0.332 e. The van der Waals surface area contributed by atoms with E-state index in [2.05, 4.69) is 5.32 Å². The SMILES string of the molecule is CC1(C(=O)O)COc2cc(F)ccc2N1. The second-order valence-electron chi connectivity index (χ2n) is 3.69. The summed E-state index contributed by atoms with van der Waals surface area (Å²) in [5.74, 6) is -1.07. The van der Waals surface area contributed by atoms with E-state index in [4.69, 9.17) is 9.84 Å². The first-order chi connectivity index (χ1) is 7.01. The number of hydrogen-bond acceptors (Lipinski definition) is 3. The molecule has 1 aliphatic heterocycles. The van der Waals surface area contributed by atoms with Crippen molar-refractivity contribution in [1.82, 2.24) is 0 Å². The number of hydrogen-bond donors (Lipinski definition) is 2. The van der Waals surface area contributed by atoms with Gasteiger partial charge in [0.15, 0.2) is 5.54 Å². The highest BCUT2D eigenvalue weighted by atomic mass is 19.1. The van der Waals surface area contributed by atoms with Gasteiger partial charge >= 0.3 is 5.97 Å². The Morgan fingerprint density at radius 1 is 1.67 bits per heavy atom. The summed E-state index contributed by atoms with van der Waals surface area (Å²) >= 11 is 0. The minimum Gasteiger partial charge on any atom is -0.488 e. The first-order valence-electron chi connectivity index (χ1n) is 4.45. The van der Waals surface area contributed by atoms with Crippen LogP contribution in [-0.4, -0.2) is 23.2 Å². The Kier molecular flexibility index (Phi) is 2.03. The van der Waals surface area contributed by atoms with Gasteiger partial charge in [-0.15, -0.1) is 0 Å². The topological polar surface area (TPSA) is 58.6 Å². The lowest BCUT2D eigenvalue weighted by atomic mass is 10.0. The number of rotatable bonds is 1. The number of ether oxygens (including phenoxy) is 1. The van der Waals surface area contributed by atoms with Crippen LogP contribution in [-0.2, 0) is 4.79 Å². The quantitative estimate of drug-likeness (QED) is 0.738. The molecule has 0 amide bonds. The van der Waals surface area contributed by atoms with E-state index < -0.39 is 17.3 Å². The number of carboxylic acids is 1. The lowest BCUT2D eigenvalue weighted by Gasteiger charge is -2.33. The van der Waals surface area contributed by atoms with Gasteiger partial charge in [0.2, 0.25) is 0 Å². The molecule has 0 bridgehead atoms. The Bertz CT molecular complexity index is 421. The molecule has 2 rings (SSSR count). The Balaban J connectivity index is 2.35. The lowest BCUT2D eigenvalue weighted by molar-refractivity contribution is -0.143. The van der Waals surface area contributed by atoms with Gasteiger partial charge in [0.25, 0.3) is 0 Å². The highest BCUT2D eigenvalue weighted by Crippen LogP contribution is 2.32. The Hall–Kier alpha value is -1.78. The first kappa shape index (κ1) is 9.76. The summed E-state index contributed by atoms with van der Waals surface area (Å²) in [6.07, 6.45) is 0. The van der Waals surface area contributed by atoms with Gasteiger partial charge in [-0.1, -0.05) is 0 Å². The number of nitrogens with one attached hydrogen (secondary N) is 1. The van der Waals surface area contributed by atoms with Gasteiger partial charge in [-0.2, -0.15) is 0 Å². The number of benzene rings is 1. The maximum Gasteiger partial charge on any atom is 0.332 e. The van der Waals surface area contributed by atoms with Gasteiger partial charge in [0.05, 0.1) is 5.69 Å². The van der Waals surface area contributed by atoms with Crippen LogP contribution in [0.5, 0.6) is 5.75 Å². The number of fused-ring (bicyclic) bond motifs is 1. The molecule has 0 aromatic heterocycles. The second kappa shape index (κ2) is 3.12. The highest BCUT2D eigenvalue weighted by molar-refractivity contribution is 5.84. The normalized spacial score (nSPS) is 23.6. The number of aliphatic carboxylic acids is 1. The molecule has 0 spiro atoms. The van der Waals surface area contributed by atoms with Crippen molar-refractivity contribution < 1.29 is 19.0 Å². The maximum atomic E-state index is 12.8. The standard InChI is InChI=1S/C10H10FNO3/c1-10(9(13)14)5-15-8-4-6(11)2-3-7(8)12-10/h2-4,12H,5H2,1H3,(H,13,14). The minimum atomic E-state index is -1.16. The zero-order valence-corrected chi connectivity index (χ0v) is 8.08. The van der Waals surface area contributed by atoms with E-state index in [0.717, 1.165) is 0 Å². The van der Waals surface area contributed by atoms with Crippen LogP contribution < -0.4 is 10.1 Å². The summed E-state index contributed by atoms with van der Waals surface area (Å²) in [5.41, 5.74) is -0.669. The Morgan fingerprint density at radius 3 is 3.07 bits per heavy atom. The van der Waals surface area contributed by atoms with E-state index in [1.807, 2.05) is 0 Å². The maximum absolute atomic E-state index is 12.8. The third-order valence-corrected chi connectivity index (χ3v) is 2.34. The monoisotopic (exact) mass is 211 g/mol. The highest BCUT2D eigenvalue weighted by Gasteiger charge is 2.38. The van der Waals surface area contributed by atoms with Crippen LogP contribution in [0.1, 0.15) is 6.92 Å². The number of carboxylic acid groups (broad SMARTS) is 1.